The summed E-state index contributed by atoms with van der Waals surface area (Å²) in [6, 6.07) is 0. The summed E-state index contributed by atoms with van der Waals surface area (Å²) in [5.74, 6) is 0. The first kappa shape index (κ1) is 24.4. The van der Waals surface area contributed by atoms with Gasteiger partial charge >= 0.3 is 156 Å². The van der Waals surface area contributed by atoms with Gasteiger partial charge in [-0.25, -0.2) is 0 Å². The molecule has 0 saturated carbocycles. The Bertz CT molecular complexity index is 210. The zero-order valence-electron chi connectivity index (χ0n) is 17.9. The maximum atomic E-state index is 2.37. The standard InChI is InChI=1S/C23H51P/c1-5-9-13-14-15-19-23-24(20-16-10-6-2,21-17-11-7-3)22-18-12-8-4/h24H,5-23H2,1-4H3. The van der Waals surface area contributed by atoms with Gasteiger partial charge in [-0.2, -0.15) is 0 Å². The van der Waals surface area contributed by atoms with Crippen molar-refractivity contribution in [3.63, 3.8) is 0 Å². The summed E-state index contributed by atoms with van der Waals surface area (Å²) in [7, 11) is -0.976. The number of unbranched alkanes of at least 4 members (excludes halogenated alkanes) is 11. The number of hydrogen-bond donors (Lipinski definition) is 0. The van der Waals surface area contributed by atoms with Gasteiger partial charge in [0, 0.05) is 0 Å². The van der Waals surface area contributed by atoms with E-state index >= 15 is 0 Å². The second-order valence-corrected chi connectivity index (χ2v) is 13.4. The van der Waals surface area contributed by atoms with E-state index in [-0.39, 0.29) is 0 Å². The van der Waals surface area contributed by atoms with E-state index in [1.165, 1.54) is 89.9 Å². The van der Waals surface area contributed by atoms with Crippen LogP contribution in [0.3, 0.4) is 0 Å². The topological polar surface area (TPSA) is 0 Å². The molecule has 0 amide bonds. The summed E-state index contributed by atoms with van der Waals surface area (Å²) >= 11 is 0. The third-order valence-electron chi connectivity index (χ3n) is 5.99. The van der Waals surface area contributed by atoms with E-state index in [0.717, 1.165) is 0 Å². The molecule has 0 aromatic carbocycles. The molecule has 0 aromatic rings. The molecule has 0 radical (unpaired) electrons. The Morgan fingerprint density at radius 3 is 0.958 bits per heavy atom. The zero-order chi connectivity index (χ0) is 17.9. The van der Waals surface area contributed by atoms with Crippen LogP contribution in [-0.2, 0) is 0 Å². The van der Waals surface area contributed by atoms with Crippen molar-refractivity contribution in [3.05, 3.63) is 0 Å². The fourth-order valence-corrected chi connectivity index (χ4v) is 9.78. The van der Waals surface area contributed by atoms with Gasteiger partial charge in [0.05, 0.1) is 0 Å². The minimum absolute atomic E-state index is 0.976. The van der Waals surface area contributed by atoms with Gasteiger partial charge in [-0.3, -0.25) is 0 Å². The van der Waals surface area contributed by atoms with E-state index in [0.29, 0.717) is 0 Å². The second kappa shape index (κ2) is 18.2. The second-order valence-electron chi connectivity index (χ2n) is 8.39. The van der Waals surface area contributed by atoms with Gasteiger partial charge in [-0.05, 0) is 0 Å². The van der Waals surface area contributed by atoms with E-state index < -0.39 is 7.26 Å². The average molecular weight is 359 g/mol. The summed E-state index contributed by atoms with van der Waals surface area (Å²) in [4.78, 5) is 0. The third-order valence-corrected chi connectivity index (χ3v) is 11.6. The van der Waals surface area contributed by atoms with Crippen LogP contribution < -0.4 is 0 Å². The Morgan fingerprint density at radius 1 is 0.333 bits per heavy atom. The molecule has 0 aliphatic rings. The fraction of sp³-hybridized carbons (Fsp3) is 1.00. The number of rotatable bonds is 19. The molecule has 0 heterocycles. The summed E-state index contributed by atoms with van der Waals surface area (Å²) in [6.07, 6.45) is 28.7. The van der Waals surface area contributed by atoms with Crippen molar-refractivity contribution in [2.24, 2.45) is 0 Å². The van der Waals surface area contributed by atoms with Crippen molar-refractivity contribution in [1.82, 2.24) is 0 Å². The van der Waals surface area contributed by atoms with Gasteiger partial charge in [0.2, 0.25) is 0 Å². The Kier molecular flexibility index (Phi) is 18.6. The van der Waals surface area contributed by atoms with Crippen LogP contribution in [0.15, 0.2) is 0 Å². The van der Waals surface area contributed by atoms with Crippen LogP contribution in [0.4, 0.5) is 0 Å². The molecule has 0 fully saturated rings. The molecule has 0 spiro atoms. The van der Waals surface area contributed by atoms with Gasteiger partial charge in [0.15, 0.2) is 0 Å². The Hall–Kier alpha value is 0.430. The van der Waals surface area contributed by atoms with Crippen LogP contribution in [0.25, 0.3) is 0 Å². The van der Waals surface area contributed by atoms with E-state index in [9.17, 15) is 0 Å². The molecule has 0 saturated heterocycles. The monoisotopic (exact) mass is 358 g/mol. The molecule has 0 aliphatic heterocycles. The Morgan fingerprint density at radius 2 is 0.583 bits per heavy atom. The maximum absolute atomic E-state index is 2.37. The molecule has 0 rings (SSSR count). The van der Waals surface area contributed by atoms with E-state index in [2.05, 4.69) is 27.7 Å². The van der Waals surface area contributed by atoms with Crippen LogP contribution in [0.5, 0.6) is 0 Å². The Labute approximate surface area is 156 Å². The molecular formula is C23H51P. The molecule has 0 bridgehead atoms. The van der Waals surface area contributed by atoms with E-state index in [4.69, 9.17) is 0 Å². The van der Waals surface area contributed by atoms with Crippen molar-refractivity contribution >= 4 is 7.26 Å². The third kappa shape index (κ3) is 13.7. The van der Waals surface area contributed by atoms with Crippen molar-refractivity contribution in [3.8, 4) is 0 Å². The van der Waals surface area contributed by atoms with Crippen LogP contribution in [-0.4, -0.2) is 24.6 Å². The molecule has 0 aromatic heterocycles. The van der Waals surface area contributed by atoms with Gasteiger partial charge in [0.25, 0.3) is 0 Å². The van der Waals surface area contributed by atoms with Gasteiger partial charge in [-0.1, -0.05) is 0 Å². The first-order chi connectivity index (χ1) is 11.7. The SMILES string of the molecule is CCCCCCCC[PH](CCCCC)(CCCCC)CCCCC. The van der Waals surface area contributed by atoms with Gasteiger partial charge in [0.1, 0.15) is 0 Å². The summed E-state index contributed by atoms with van der Waals surface area (Å²) in [5, 5.41) is 0. The molecule has 0 aliphatic carbocycles. The molecule has 1 heteroatoms. The zero-order valence-corrected chi connectivity index (χ0v) is 18.9. The summed E-state index contributed by atoms with van der Waals surface area (Å²) in [6.45, 7) is 9.43. The number of hydrogen-bond acceptors (Lipinski definition) is 0. The van der Waals surface area contributed by atoms with E-state index in [1.807, 2.05) is 0 Å². The molecule has 148 valence electrons. The van der Waals surface area contributed by atoms with Crippen molar-refractivity contribution in [1.29, 1.82) is 0 Å². The van der Waals surface area contributed by atoms with Crippen molar-refractivity contribution in [2.45, 2.75) is 124 Å². The predicted molar refractivity (Wildman–Crippen MR) is 120 cm³/mol. The molecule has 0 nitrogen and oxygen atoms in total. The van der Waals surface area contributed by atoms with Crippen LogP contribution >= 0.6 is 7.26 Å². The normalized spacial score (nSPS) is 12.7. The molecule has 0 atom stereocenters. The van der Waals surface area contributed by atoms with Crippen LogP contribution in [0, 0.1) is 0 Å². The fourth-order valence-electron chi connectivity index (χ4n) is 4.28. The quantitative estimate of drug-likeness (QED) is 0.160. The van der Waals surface area contributed by atoms with E-state index in [1.54, 1.807) is 31.1 Å². The molecule has 24 heavy (non-hydrogen) atoms. The minimum atomic E-state index is -0.976. The van der Waals surface area contributed by atoms with Crippen LogP contribution in [0.2, 0.25) is 0 Å². The Balaban J connectivity index is 4.48. The first-order valence-electron chi connectivity index (χ1n) is 11.7. The van der Waals surface area contributed by atoms with Crippen LogP contribution in [0.1, 0.15) is 124 Å². The van der Waals surface area contributed by atoms with Gasteiger partial charge < -0.3 is 0 Å². The van der Waals surface area contributed by atoms with Crippen molar-refractivity contribution < 1.29 is 0 Å². The molecular weight excluding hydrogens is 307 g/mol. The summed E-state index contributed by atoms with van der Waals surface area (Å²) < 4.78 is 0. The molecule has 0 N–H and O–H groups in total. The van der Waals surface area contributed by atoms with Gasteiger partial charge in [-0.15, -0.1) is 0 Å². The predicted octanol–water partition coefficient (Wildman–Crippen LogP) is 8.67. The first-order valence-corrected chi connectivity index (χ1v) is 14.6. The van der Waals surface area contributed by atoms with Crippen molar-refractivity contribution in [2.75, 3.05) is 24.6 Å². The molecule has 0 unspecified atom stereocenters. The summed E-state index contributed by atoms with van der Waals surface area (Å²) in [5.41, 5.74) is 0. The average Bonchev–Trinajstić information content (AvgIpc) is 2.58.